The maximum Gasteiger partial charge on any atom is 0.331 e. The highest BCUT2D eigenvalue weighted by molar-refractivity contribution is 9.10. The number of halogens is 1. The Labute approximate surface area is 143 Å². The fourth-order valence-corrected chi connectivity index (χ4v) is 2.41. The number of hydrogen-bond acceptors (Lipinski definition) is 4. The van der Waals surface area contributed by atoms with Gasteiger partial charge in [0, 0.05) is 21.7 Å². The van der Waals surface area contributed by atoms with E-state index in [4.69, 9.17) is 14.2 Å². The first-order chi connectivity index (χ1) is 11.2. The molecule has 2 rings (SSSR count). The SMILES string of the molecule is COc1cccc(/C=C/C(=O)OCc2ccccc2Br)c1OC. The summed E-state index contributed by atoms with van der Waals surface area (Å²) in [5, 5.41) is 0. The highest BCUT2D eigenvalue weighted by Gasteiger charge is 2.08. The molecule has 0 saturated carbocycles. The summed E-state index contributed by atoms with van der Waals surface area (Å²) < 4.78 is 16.7. The number of benzene rings is 2. The molecule has 120 valence electrons. The van der Waals surface area contributed by atoms with Gasteiger partial charge in [0.15, 0.2) is 11.5 Å². The second-order valence-corrected chi connectivity index (χ2v) is 5.47. The summed E-state index contributed by atoms with van der Waals surface area (Å²) in [5.41, 5.74) is 1.65. The van der Waals surface area contributed by atoms with Crippen LogP contribution in [-0.4, -0.2) is 20.2 Å². The van der Waals surface area contributed by atoms with Gasteiger partial charge in [-0.2, -0.15) is 0 Å². The summed E-state index contributed by atoms with van der Waals surface area (Å²) in [6.45, 7) is 0.208. The Bertz CT molecular complexity index is 710. The molecule has 2 aromatic carbocycles. The van der Waals surface area contributed by atoms with Gasteiger partial charge in [0.25, 0.3) is 0 Å². The minimum Gasteiger partial charge on any atom is -0.493 e. The largest absolute Gasteiger partial charge is 0.493 e. The van der Waals surface area contributed by atoms with E-state index in [9.17, 15) is 4.79 Å². The Morgan fingerprint density at radius 3 is 2.57 bits per heavy atom. The summed E-state index contributed by atoms with van der Waals surface area (Å²) in [4.78, 5) is 11.9. The first-order valence-electron chi connectivity index (χ1n) is 6.95. The van der Waals surface area contributed by atoms with Crippen LogP contribution in [0.1, 0.15) is 11.1 Å². The molecule has 0 aliphatic heterocycles. The highest BCUT2D eigenvalue weighted by Crippen LogP contribution is 2.31. The number of hydrogen-bond donors (Lipinski definition) is 0. The number of carbonyl (C=O) groups excluding carboxylic acids is 1. The Balaban J connectivity index is 2.03. The van der Waals surface area contributed by atoms with Gasteiger partial charge >= 0.3 is 5.97 Å². The molecule has 0 aliphatic carbocycles. The van der Waals surface area contributed by atoms with E-state index in [0.29, 0.717) is 11.5 Å². The fraction of sp³-hybridized carbons (Fsp3) is 0.167. The lowest BCUT2D eigenvalue weighted by Gasteiger charge is -2.09. The van der Waals surface area contributed by atoms with E-state index < -0.39 is 5.97 Å². The molecule has 5 heteroatoms. The molecule has 0 fully saturated rings. The van der Waals surface area contributed by atoms with Gasteiger partial charge in [0.2, 0.25) is 0 Å². The molecule has 0 saturated heterocycles. The zero-order valence-electron chi connectivity index (χ0n) is 12.9. The van der Waals surface area contributed by atoms with Crippen LogP contribution in [0.5, 0.6) is 11.5 Å². The maximum atomic E-state index is 11.9. The standard InChI is InChI=1S/C18H17BrO4/c1-21-16-9-5-7-13(18(16)22-2)10-11-17(20)23-12-14-6-3-4-8-15(14)19/h3-11H,12H2,1-2H3/b11-10+. The van der Waals surface area contributed by atoms with E-state index in [0.717, 1.165) is 15.6 Å². The van der Waals surface area contributed by atoms with Gasteiger partial charge in [-0.25, -0.2) is 4.79 Å². The molecule has 0 N–H and O–H groups in total. The lowest BCUT2D eigenvalue weighted by Crippen LogP contribution is -2.01. The van der Waals surface area contributed by atoms with Crippen LogP contribution in [0.4, 0.5) is 0 Å². The first kappa shape index (κ1) is 17.1. The average Bonchev–Trinajstić information content (AvgIpc) is 2.58. The molecule has 0 amide bonds. The van der Waals surface area contributed by atoms with Crippen LogP contribution < -0.4 is 9.47 Å². The average molecular weight is 377 g/mol. The smallest absolute Gasteiger partial charge is 0.331 e. The molecule has 0 aliphatic rings. The van der Waals surface area contributed by atoms with Gasteiger partial charge in [-0.05, 0) is 18.2 Å². The third kappa shape index (κ3) is 4.60. The van der Waals surface area contributed by atoms with E-state index in [-0.39, 0.29) is 6.61 Å². The third-order valence-corrected chi connectivity index (χ3v) is 3.93. The van der Waals surface area contributed by atoms with E-state index in [1.165, 1.54) is 6.08 Å². The normalized spacial score (nSPS) is 10.6. The van der Waals surface area contributed by atoms with Crippen molar-refractivity contribution in [3.05, 3.63) is 64.1 Å². The topological polar surface area (TPSA) is 44.8 Å². The summed E-state index contributed by atoms with van der Waals surface area (Å²) in [5.74, 6) is 0.756. The molecule has 0 unspecified atom stereocenters. The zero-order chi connectivity index (χ0) is 16.7. The van der Waals surface area contributed by atoms with E-state index in [1.807, 2.05) is 36.4 Å². The van der Waals surface area contributed by atoms with Crippen molar-refractivity contribution in [1.82, 2.24) is 0 Å². The fourth-order valence-electron chi connectivity index (χ4n) is 2.01. The van der Waals surface area contributed by atoms with Crippen molar-refractivity contribution >= 4 is 28.0 Å². The number of para-hydroxylation sites is 1. The van der Waals surface area contributed by atoms with Crippen molar-refractivity contribution < 1.29 is 19.0 Å². The highest BCUT2D eigenvalue weighted by atomic mass is 79.9. The minimum atomic E-state index is -0.425. The molecule has 0 radical (unpaired) electrons. The van der Waals surface area contributed by atoms with Crippen LogP contribution in [0.2, 0.25) is 0 Å². The number of methoxy groups -OCH3 is 2. The molecule has 2 aromatic rings. The van der Waals surface area contributed by atoms with E-state index >= 15 is 0 Å². The first-order valence-corrected chi connectivity index (χ1v) is 7.74. The molecule has 0 spiro atoms. The predicted molar refractivity (Wildman–Crippen MR) is 92.5 cm³/mol. The molecule has 4 nitrogen and oxygen atoms in total. The lowest BCUT2D eigenvalue weighted by molar-refractivity contribution is -0.138. The number of esters is 1. The second kappa shape index (κ2) is 8.39. The van der Waals surface area contributed by atoms with Crippen molar-refractivity contribution in [2.45, 2.75) is 6.61 Å². The van der Waals surface area contributed by atoms with Gasteiger partial charge in [-0.15, -0.1) is 0 Å². The number of rotatable bonds is 6. The Morgan fingerprint density at radius 1 is 1.09 bits per heavy atom. The van der Waals surface area contributed by atoms with Crippen LogP contribution in [0, 0.1) is 0 Å². The van der Waals surface area contributed by atoms with Crippen molar-refractivity contribution in [1.29, 1.82) is 0 Å². The summed E-state index contributed by atoms with van der Waals surface area (Å²) >= 11 is 3.42. The molecule has 23 heavy (non-hydrogen) atoms. The Kier molecular flexibility index (Phi) is 6.23. The summed E-state index contributed by atoms with van der Waals surface area (Å²) in [6.07, 6.45) is 3.01. The van der Waals surface area contributed by atoms with Crippen LogP contribution >= 0.6 is 15.9 Å². The monoisotopic (exact) mass is 376 g/mol. The zero-order valence-corrected chi connectivity index (χ0v) is 14.5. The van der Waals surface area contributed by atoms with Gasteiger partial charge in [-0.1, -0.05) is 46.3 Å². The maximum absolute atomic E-state index is 11.9. The van der Waals surface area contributed by atoms with Crippen molar-refractivity contribution in [3.63, 3.8) is 0 Å². The van der Waals surface area contributed by atoms with Crippen LogP contribution in [0.3, 0.4) is 0 Å². The lowest BCUT2D eigenvalue weighted by atomic mass is 10.1. The van der Waals surface area contributed by atoms with Gasteiger partial charge in [0.1, 0.15) is 6.61 Å². The molecular weight excluding hydrogens is 360 g/mol. The number of carbonyl (C=O) groups is 1. The quantitative estimate of drug-likeness (QED) is 0.559. The van der Waals surface area contributed by atoms with E-state index in [1.54, 1.807) is 26.4 Å². The Hall–Kier alpha value is -2.27. The van der Waals surface area contributed by atoms with Crippen molar-refractivity contribution in [3.8, 4) is 11.5 Å². The van der Waals surface area contributed by atoms with Crippen molar-refractivity contribution in [2.24, 2.45) is 0 Å². The summed E-state index contributed by atoms with van der Waals surface area (Å²) in [6, 6.07) is 13.1. The van der Waals surface area contributed by atoms with E-state index in [2.05, 4.69) is 15.9 Å². The third-order valence-electron chi connectivity index (χ3n) is 3.16. The van der Waals surface area contributed by atoms with Crippen LogP contribution in [0.15, 0.2) is 53.0 Å². The second-order valence-electron chi connectivity index (χ2n) is 4.62. The molecule has 0 bridgehead atoms. The minimum absolute atomic E-state index is 0.208. The van der Waals surface area contributed by atoms with Gasteiger partial charge in [0.05, 0.1) is 14.2 Å². The van der Waals surface area contributed by atoms with Gasteiger partial charge < -0.3 is 14.2 Å². The summed E-state index contributed by atoms with van der Waals surface area (Å²) in [7, 11) is 3.12. The number of ether oxygens (including phenoxy) is 3. The van der Waals surface area contributed by atoms with Crippen molar-refractivity contribution in [2.75, 3.05) is 14.2 Å². The van der Waals surface area contributed by atoms with Crippen LogP contribution in [0.25, 0.3) is 6.08 Å². The van der Waals surface area contributed by atoms with Gasteiger partial charge in [-0.3, -0.25) is 0 Å². The predicted octanol–water partition coefficient (Wildman–Crippen LogP) is 4.22. The molecule has 0 atom stereocenters. The molecular formula is C18H17BrO4. The molecule has 0 heterocycles. The Morgan fingerprint density at radius 2 is 1.87 bits per heavy atom. The van der Waals surface area contributed by atoms with Crippen LogP contribution in [-0.2, 0) is 16.1 Å². The molecule has 0 aromatic heterocycles.